The Hall–Kier alpha value is -2.77. The number of fused-ring (bicyclic) bond motifs is 3. The Balaban J connectivity index is 1.36. The molecule has 1 aliphatic carbocycles. The van der Waals surface area contributed by atoms with Crippen LogP contribution in [0.5, 0.6) is 0 Å². The summed E-state index contributed by atoms with van der Waals surface area (Å²) < 4.78 is 20.5. The fraction of sp³-hybridized carbons (Fsp3) is 0.457. The van der Waals surface area contributed by atoms with E-state index in [0.29, 0.717) is 19.6 Å². The highest BCUT2D eigenvalue weighted by Crippen LogP contribution is 2.49. The number of hydrogen-bond donors (Lipinski definition) is 0. The fourth-order valence-electron chi connectivity index (χ4n) is 7.60. The maximum absolute atomic E-state index is 13.8. The number of nitrogens with zero attached hydrogens (tertiary/aromatic N) is 1. The molecule has 6 heteroatoms. The summed E-state index contributed by atoms with van der Waals surface area (Å²) in [6.07, 6.45) is 1.05. The average Bonchev–Trinajstić information content (AvgIpc) is 3.17. The van der Waals surface area contributed by atoms with Gasteiger partial charge in [0.15, 0.2) is 5.79 Å². The van der Waals surface area contributed by atoms with Crippen molar-refractivity contribution in [2.75, 3.05) is 6.61 Å². The minimum Gasteiger partial charge on any atom is -0.407 e. The molecule has 0 spiro atoms. The van der Waals surface area contributed by atoms with Gasteiger partial charge >= 0.3 is 0 Å². The second-order valence-corrected chi connectivity index (χ2v) is 17.8. The monoisotopic (exact) mass is 569 g/mol. The van der Waals surface area contributed by atoms with Crippen LogP contribution in [0.1, 0.15) is 53.0 Å². The Morgan fingerprint density at radius 2 is 1.39 bits per heavy atom. The molecular weight excluding hydrogens is 526 g/mol. The summed E-state index contributed by atoms with van der Waals surface area (Å²) in [5.41, 5.74) is 1.14. The molecule has 0 N–H and O–H groups in total. The third-order valence-electron chi connectivity index (χ3n) is 9.37. The molecule has 3 aromatic rings. The standard InChI is InChI=1S/C35H43NO4Si/c1-34(2,3)41(27-17-11-7-12-18-27,28-19-13-8-14-20-28)38-24-26-21-30-33-32(39-35(4,5)40-33)29(26)22-31(37)36(30)23-25-15-9-6-10-16-25/h6-20,26,29-30,32-33H,21-24H2,1-5H3/t26-,29+,30-,32+,33-/m1/s1. The van der Waals surface area contributed by atoms with E-state index in [-0.39, 0.29) is 41.0 Å². The molecule has 41 heavy (non-hydrogen) atoms. The van der Waals surface area contributed by atoms with E-state index in [0.717, 1.165) is 12.0 Å². The lowest BCUT2D eigenvalue weighted by Crippen LogP contribution is -2.67. The number of carbonyl (C=O) groups is 1. The predicted octanol–water partition coefficient (Wildman–Crippen LogP) is 5.52. The first-order valence-corrected chi connectivity index (χ1v) is 16.9. The van der Waals surface area contributed by atoms with Gasteiger partial charge in [0, 0.05) is 25.5 Å². The summed E-state index contributed by atoms with van der Waals surface area (Å²) in [5.74, 6) is -0.246. The van der Waals surface area contributed by atoms with Gasteiger partial charge in [-0.05, 0) is 47.2 Å². The zero-order valence-corrected chi connectivity index (χ0v) is 26.0. The van der Waals surface area contributed by atoms with E-state index in [4.69, 9.17) is 13.9 Å². The van der Waals surface area contributed by atoms with Crippen molar-refractivity contribution in [2.45, 2.75) is 83.1 Å². The van der Waals surface area contributed by atoms with Crippen molar-refractivity contribution in [2.24, 2.45) is 11.8 Å². The molecule has 1 amide bonds. The number of carbonyl (C=O) groups excluding carboxylic acids is 1. The maximum Gasteiger partial charge on any atom is 0.261 e. The minimum absolute atomic E-state index is 0.0458. The highest BCUT2D eigenvalue weighted by Gasteiger charge is 2.59. The fourth-order valence-corrected chi connectivity index (χ4v) is 12.2. The van der Waals surface area contributed by atoms with E-state index >= 15 is 0 Å². The Kier molecular flexibility index (Phi) is 7.48. The van der Waals surface area contributed by atoms with E-state index in [2.05, 4.69) is 98.5 Å². The Morgan fingerprint density at radius 3 is 1.95 bits per heavy atom. The molecular formula is C35H43NO4Si. The zero-order valence-electron chi connectivity index (χ0n) is 25.0. The molecule has 2 bridgehead atoms. The number of rotatable bonds is 7. The molecule has 5 atom stereocenters. The van der Waals surface area contributed by atoms with Gasteiger partial charge in [-0.15, -0.1) is 0 Å². The molecule has 3 heterocycles. The quantitative estimate of drug-likeness (QED) is 0.352. The average molecular weight is 570 g/mol. The van der Waals surface area contributed by atoms with Crippen molar-refractivity contribution >= 4 is 24.6 Å². The van der Waals surface area contributed by atoms with E-state index in [1.807, 2.05) is 32.0 Å². The van der Waals surface area contributed by atoms with Gasteiger partial charge in [-0.1, -0.05) is 112 Å². The summed E-state index contributed by atoms with van der Waals surface area (Å²) >= 11 is 0. The van der Waals surface area contributed by atoms with Gasteiger partial charge in [0.2, 0.25) is 5.91 Å². The van der Waals surface area contributed by atoms with Crippen LogP contribution in [0.3, 0.4) is 0 Å². The van der Waals surface area contributed by atoms with Crippen molar-refractivity contribution in [1.29, 1.82) is 0 Å². The van der Waals surface area contributed by atoms with Crippen molar-refractivity contribution in [3.63, 3.8) is 0 Å². The lowest BCUT2D eigenvalue weighted by molar-refractivity contribution is -0.161. The molecule has 0 unspecified atom stereocenters. The largest absolute Gasteiger partial charge is 0.407 e. The highest BCUT2D eigenvalue weighted by molar-refractivity contribution is 6.99. The Bertz CT molecular complexity index is 1300. The summed E-state index contributed by atoms with van der Waals surface area (Å²) in [6, 6.07) is 31.8. The van der Waals surface area contributed by atoms with Gasteiger partial charge in [0.05, 0.1) is 12.1 Å². The van der Waals surface area contributed by atoms with Crippen LogP contribution in [0, 0.1) is 11.8 Å². The third kappa shape index (κ3) is 5.20. The number of benzene rings is 3. The Morgan fingerprint density at radius 1 is 0.854 bits per heavy atom. The molecule has 4 aliphatic rings. The lowest BCUT2D eigenvalue weighted by atomic mass is 9.74. The first kappa shape index (κ1) is 28.4. The SMILES string of the molecule is CC1(C)O[C@H]2[C@H]3CC(=O)N(Cc4ccccc4)[C@H](C[C@@H]3CO[Si](c3ccccc3)(c3ccccc3)C(C)(C)C)[C@H]2O1. The van der Waals surface area contributed by atoms with Crippen LogP contribution >= 0.6 is 0 Å². The molecule has 3 aromatic carbocycles. The molecule has 5 nitrogen and oxygen atoms in total. The van der Waals surface area contributed by atoms with Crippen LogP contribution in [0.4, 0.5) is 0 Å². The van der Waals surface area contributed by atoms with E-state index in [9.17, 15) is 4.79 Å². The van der Waals surface area contributed by atoms with Gasteiger partial charge in [-0.2, -0.15) is 0 Å². The molecule has 3 aliphatic heterocycles. The second kappa shape index (κ2) is 10.8. The third-order valence-corrected chi connectivity index (χ3v) is 14.4. The summed E-state index contributed by atoms with van der Waals surface area (Å²) in [6.45, 7) is 12.1. The Labute approximate surface area is 245 Å². The van der Waals surface area contributed by atoms with Crippen LogP contribution in [-0.2, 0) is 25.2 Å². The minimum atomic E-state index is -2.70. The van der Waals surface area contributed by atoms with E-state index in [1.165, 1.54) is 10.4 Å². The van der Waals surface area contributed by atoms with Gasteiger partial charge in [-0.3, -0.25) is 4.79 Å². The van der Waals surface area contributed by atoms with Crippen LogP contribution in [0.25, 0.3) is 0 Å². The topological polar surface area (TPSA) is 48.0 Å². The highest BCUT2D eigenvalue weighted by atomic mass is 28.4. The van der Waals surface area contributed by atoms with Gasteiger partial charge in [0.1, 0.15) is 6.10 Å². The summed E-state index contributed by atoms with van der Waals surface area (Å²) in [7, 11) is -2.70. The van der Waals surface area contributed by atoms with Crippen molar-refractivity contribution in [3.8, 4) is 0 Å². The van der Waals surface area contributed by atoms with Crippen LogP contribution in [0.15, 0.2) is 91.0 Å². The first-order valence-electron chi connectivity index (χ1n) is 15.0. The molecule has 0 radical (unpaired) electrons. The number of amides is 1. The first-order chi connectivity index (χ1) is 19.6. The maximum atomic E-state index is 13.8. The van der Waals surface area contributed by atoms with E-state index in [1.54, 1.807) is 0 Å². The smallest absolute Gasteiger partial charge is 0.261 e. The van der Waals surface area contributed by atoms with Crippen LogP contribution < -0.4 is 10.4 Å². The zero-order chi connectivity index (χ0) is 28.8. The van der Waals surface area contributed by atoms with Crippen molar-refractivity contribution < 1.29 is 18.7 Å². The van der Waals surface area contributed by atoms with Gasteiger partial charge in [-0.25, -0.2) is 0 Å². The van der Waals surface area contributed by atoms with Crippen molar-refractivity contribution in [3.05, 3.63) is 96.6 Å². The molecule has 0 aromatic heterocycles. The molecule has 7 rings (SSSR count). The van der Waals surface area contributed by atoms with Gasteiger partial charge < -0.3 is 18.8 Å². The number of ether oxygens (including phenoxy) is 2. The summed E-state index contributed by atoms with van der Waals surface area (Å²) in [5, 5.41) is 2.45. The van der Waals surface area contributed by atoms with E-state index < -0.39 is 14.1 Å². The van der Waals surface area contributed by atoms with Gasteiger partial charge in [0.25, 0.3) is 8.32 Å². The van der Waals surface area contributed by atoms with Crippen LogP contribution in [-0.4, -0.2) is 49.8 Å². The van der Waals surface area contributed by atoms with Crippen LogP contribution in [0.2, 0.25) is 5.04 Å². The molecule has 216 valence electrons. The summed E-state index contributed by atoms with van der Waals surface area (Å²) in [4.78, 5) is 15.9. The predicted molar refractivity (Wildman–Crippen MR) is 164 cm³/mol. The second-order valence-electron chi connectivity index (χ2n) is 13.5. The molecule has 3 saturated heterocycles. The van der Waals surface area contributed by atoms with Crippen molar-refractivity contribution in [1.82, 2.24) is 4.90 Å². The normalized spacial score (nSPS) is 27.5. The number of hydrogen-bond acceptors (Lipinski definition) is 4. The lowest BCUT2D eigenvalue weighted by Gasteiger charge is -2.46. The molecule has 1 saturated carbocycles. The molecule has 4 fully saturated rings.